The van der Waals surface area contributed by atoms with E-state index in [1.165, 1.54) is 5.69 Å². The van der Waals surface area contributed by atoms with Gasteiger partial charge in [0.1, 0.15) is 0 Å². The number of rotatable bonds is 3. The topological polar surface area (TPSA) is 20.3 Å². The van der Waals surface area contributed by atoms with Crippen molar-refractivity contribution in [2.45, 2.75) is 0 Å². The van der Waals surface area contributed by atoms with E-state index in [9.17, 15) is 4.79 Å². The number of anilines is 1. The minimum Gasteiger partial charge on any atom is -0.370 e. The molecule has 1 aromatic carbocycles. The van der Waals surface area contributed by atoms with Crippen LogP contribution in [0.3, 0.4) is 0 Å². The predicted octanol–water partition coefficient (Wildman–Crippen LogP) is 1.93. The van der Waals surface area contributed by atoms with Crippen molar-refractivity contribution in [3.05, 3.63) is 30.3 Å². The van der Waals surface area contributed by atoms with Gasteiger partial charge in [0.25, 0.3) is 0 Å². The third-order valence-electron chi connectivity index (χ3n) is 2.59. The van der Waals surface area contributed by atoms with Crippen molar-refractivity contribution in [1.82, 2.24) is 0 Å². The minimum atomic E-state index is 0.146. The van der Waals surface area contributed by atoms with E-state index in [2.05, 4.69) is 17.0 Å². The number of carbonyl (C=O) groups is 1. The molecule has 0 unspecified atom stereocenters. The van der Waals surface area contributed by atoms with Crippen LogP contribution in [-0.2, 0) is 4.79 Å². The first-order valence-corrected chi connectivity index (χ1v) is 5.23. The van der Waals surface area contributed by atoms with E-state index in [1.54, 1.807) is 0 Å². The van der Waals surface area contributed by atoms with Crippen LogP contribution in [0.4, 0.5) is 5.69 Å². The second-order valence-corrected chi connectivity index (χ2v) is 3.80. The van der Waals surface area contributed by atoms with Crippen molar-refractivity contribution < 1.29 is 4.79 Å². The quantitative estimate of drug-likeness (QED) is 0.710. The molecular weight excluding hydrogens is 198 g/mol. The van der Waals surface area contributed by atoms with Crippen molar-refractivity contribution in [3.8, 4) is 0 Å². The van der Waals surface area contributed by atoms with Crippen LogP contribution >= 0.6 is 11.6 Å². The molecule has 14 heavy (non-hydrogen) atoms. The molecule has 0 spiro atoms. The van der Waals surface area contributed by atoms with Gasteiger partial charge < -0.3 is 4.90 Å². The van der Waals surface area contributed by atoms with Crippen LogP contribution in [0.5, 0.6) is 0 Å². The van der Waals surface area contributed by atoms with Crippen molar-refractivity contribution in [2.24, 2.45) is 5.92 Å². The molecule has 0 N–H and O–H groups in total. The lowest BCUT2D eigenvalue weighted by Crippen LogP contribution is -2.50. The molecule has 0 aliphatic carbocycles. The van der Waals surface area contributed by atoms with Gasteiger partial charge in [-0.25, -0.2) is 0 Å². The van der Waals surface area contributed by atoms with Crippen molar-refractivity contribution in [1.29, 1.82) is 0 Å². The summed E-state index contributed by atoms with van der Waals surface area (Å²) >= 11 is 5.49. The van der Waals surface area contributed by atoms with Crippen LogP contribution in [-0.4, -0.2) is 24.8 Å². The predicted molar refractivity (Wildman–Crippen MR) is 57.9 cm³/mol. The van der Waals surface area contributed by atoms with Crippen LogP contribution in [0.2, 0.25) is 0 Å². The molecule has 3 heteroatoms. The fraction of sp³-hybridized carbons (Fsp3) is 0.364. The number of alkyl halides is 1. The molecule has 0 radical (unpaired) electrons. The van der Waals surface area contributed by atoms with E-state index in [4.69, 9.17) is 11.6 Å². The van der Waals surface area contributed by atoms with Gasteiger partial charge in [-0.05, 0) is 12.1 Å². The lowest BCUT2D eigenvalue weighted by Gasteiger charge is -2.39. The minimum absolute atomic E-state index is 0.146. The Morgan fingerprint density at radius 1 is 1.36 bits per heavy atom. The zero-order valence-electron chi connectivity index (χ0n) is 7.82. The van der Waals surface area contributed by atoms with Gasteiger partial charge in [0.15, 0.2) is 5.78 Å². The molecule has 1 aromatic rings. The highest BCUT2D eigenvalue weighted by molar-refractivity contribution is 6.28. The smallest absolute Gasteiger partial charge is 0.154 e. The maximum Gasteiger partial charge on any atom is 0.154 e. The number of Topliss-reactive ketones (excluding diaryl/α,β-unsaturated/α-hetero) is 1. The SMILES string of the molecule is O=C(CCl)C1CN(c2ccccc2)C1. The molecular formula is C11H12ClNO. The molecule has 1 fully saturated rings. The third-order valence-corrected chi connectivity index (χ3v) is 2.85. The van der Waals surface area contributed by atoms with Gasteiger partial charge >= 0.3 is 0 Å². The third kappa shape index (κ3) is 1.75. The number of carbonyl (C=O) groups excluding carboxylic acids is 1. The molecule has 0 aromatic heterocycles. The van der Waals surface area contributed by atoms with Gasteiger partial charge in [-0.1, -0.05) is 18.2 Å². The summed E-state index contributed by atoms with van der Waals surface area (Å²) in [6.45, 7) is 1.63. The summed E-state index contributed by atoms with van der Waals surface area (Å²) in [6.07, 6.45) is 0. The van der Waals surface area contributed by atoms with Crippen LogP contribution < -0.4 is 4.90 Å². The number of ketones is 1. The van der Waals surface area contributed by atoms with Crippen LogP contribution in [0.1, 0.15) is 0 Å². The maximum atomic E-state index is 11.2. The molecule has 0 bridgehead atoms. The van der Waals surface area contributed by atoms with Crippen molar-refractivity contribution >= 4 is 23.1 Å². The Kier molecular flexibility index (Phi) is 2.73. The highest BCUT2D eigenvalue weighted by atomic mass is 35.5. The molecule has 1 heterocycles. The summed E-state index contributed by atoms with van der Waals surface area (Å²) in [6, 6.07) is 10.1. The number of hydrogen-bond donors (Lipinski definition) is 0. The molecule has 1 saturated heterocycles. The van der Waals surface area contributed by atoms with Gasteiger partial charge in [-0.2, -0.15) is 0 Å². The van der Waals surface area contributed by atoms with Crippen LogP contribution in [0, 0.1) is 5.92 Å². The van der Waals surface area contributed by atoms with E-state index in [1.807, 2.05) is 18.2 Å². The summed E-state index contributed by atoms with van der Waals surface area (Å²) in [5.41, 5.74) is 1.19. The first-order valence-electron chi connectivity index (χ1n) is 4.70. The van der Waals surface area contributed by atoms with Gasteiger partial charge in [-0.15, -0.1) is 11.6 Å². The molecule has 2 nitrogen and oxygen atoms in total. The molecule has 74 valence electrons. The molecule has 0 saturated carbocycles. The average molecular weight is 210 g/mol. The highest BCUT2D eigenvalue weighted by Crippen LogP contribution is 2.24. The normalized spacial score (nSPS) is 16.5. The van der Waals surface area contributed by atoms with E-state index < -0.39 is 0 Å². The Morgan fingerprint density at radius 2 is 2.00 bits per heavy atom. The second kappa shape index (κ2) is 4.01. The first kappa shape index (κ1) is 9.53. The Hall–Kier alpha value is -1.02. The summed E-state index contributed by atoms with van der Waals surface area (Å²) in [7, 11) is 0. The van der Waals surface area contributed by atoms with E-state index in [-0.39, 0.29) is 17.6 Å². The molecule has 1 aliphatic rings. The molecule has 0 atom stereocenters. The van der Waals surface area contributed by atoms with E-state index >= 15 is 0 Å². The number of para-hydroxylation sites is 1. The number of nitrogens with zero attached hydrogens (tertiary/aromatic N) is 1. The van der Waals surface area contributed by atoms with Crippen LogP contribution in [0.15, 0.2) is 30.3 Å². The van der Waals surface area contributed by atoms with E-state index in [0.29, 0.717) is 0 Å². The van der Waals surface area contributed by atoms with Crippen LogP contribution in [0.25, 0.3) is 0 Å². The van der Waals surface area contributed by atoms with Gasteiger partial charge in [-0.3, -0.25) is 4.79 Å². The van der Waals surface area contributed by atoms with Gasteiger partial charge in [0.05, 0.1) is 11.8 Å². The van der Waals surface area contributed by atoms with Gasteiger partial charge in [0.2, 0.25) is 0 Å². The Balaban J connectivity index is 1.92. The fourth-order valence-electron chi connectivity index (χ4n) is 1.64. The second-order valence-electron chi connectivity index (χ2n) is 3.54. The lowest BCUT2D eigenvalue weighted by atomic mass is 9.95. The first-order chi connectivity index (χ1) is 6.81. The Labute approximate surface area is 88.5 Å². The van der Waals surface area contributed by atoms with Crippen molar-refractivity contribution in [3.63, 3.8) is 0 Å². The van der Waals surface area contributed by atoms with Crippen molar-refractivity contribution in [2.75, 3.05) is 23.9 Å². The van der Waals surface area contributed by atoms with Gasteiger partial charge in [0, 0.05) is 18.8 Å². The molecule has 2 rings (SSSR count). The Bertz CT molecular complexity index is 319. The summed E-state index contributed by atoms with van der Waals surface area (Å²) in [5, 5.41) is 0. The Morgan fingerprint density at radius 3 is 2.57 bits per heavy atom. The maximum absolute atomic E-state index is 11.2. The molecule has 0 amide bonds. The summed E-state index contributed by atoms with van der Waals surface area (Å²) in [4.78, 5) is 13.4. The average Bonchev–Trinajstić information content (AvgIpc) is 2.17. The lowest BCUT2D eigenvalue weighted by molar-refractivity contribution is -0.121. The monoisotopic (exact) mass is 209 g/mol. The van der Waals surface area contributed by atoms with E-state index in [0.717, 1.165) is 13.1 Å². The standard InChI is InChI=1S/C11H12ClNO/c12-6-11(14)9-7-13(8-9)10-4-2-1-3-5-10/h1-5,9H,6-8H2. The number of benzene rings is 1. The zero-order valence-corrected chi connectivity index (χ0v) is 8.57. The number of hydrogen-bond acceptors (Lipinski definition) is 2. The zero-order chi connectivity index (χ0) is 9.97. The summed E-state index contributed by atoms with van der Waals surface area (Å²) in [5.74, 6) is 0.458. The molecule has 1 aliphatic heterocycles. The largest absolute Gasteiger partial charge is 0.370 e. The number of halogens is 1. The highest BCUT2D eigenvalue weighted by Gasteiger charge is 2.31. The summed E-state index contributed by atoms with van der Waals surface area (Å²) < 4.78 is 0. The fourth-order valence-corrected chi connectivity index (χ4v) is 1.86.